The Labute approximate surface area is 115 Å². The van der Waals surface area contributed by atoms with E-state index >= 15 is 0 Å². The van der Waals surface area contributed by atoms with Gasteiger partial charge in [0, 0.05) is 11.1 Å². The molecule has 0 saturated heterocycles. The maximum absolute atomic E-state index is 12.3. The van der Waals surface area contributed by atoms with Crippen molar-refractivity contribution in [3.05, 3.63) is 23.8 Å². The van der Waals surface area contributed by atoms with Crippen molar-refractivity contribution < 1.29 is 9.53 Å². The summed E-state index contributed by atoms with van der Waals surface area (Å²) in [5.74, 6) is 1.03. The number of rotatable bonds is 4. The van der Waals surface area contributed by atoms with Gasteiger partial charge in [0.2, 0.25) is 5.91 Å². The molecule has 0 bridgehead atoms. The molecule has 0 spiro atoms. The maximum atomic E-state index is 12.3. The summed E-state index contributed by atoms with van der Waals surface area (Å²) in [5.41, 5.74) is 1.72. The van der Waals surface area contributed by atoms with Crippen molar-refractivity contribution in [1.82, 2.24) is 0 Å². The molecule has 0 radical (unpaired) electrons. The first-order chi connectivity index (χ1) is 9.05. The third-order valence-electron chi connectivity index (χ3n) is 3.99. The van der Waals surface area contributed by atoms with Gasteiger partial charge in [-0.15, -0.1) is 0 Å². The lowest BCUT2D eigenvalue weighted by atomic mass is 9.88. The lowest BCUT2D eigenvalue weighted by Crippen LogP contribution is -2.30. The number of carbonyl (C=O) groups excluding carboxylic acids is 1. The maximum Gasteiger partial charge on any atom is 0.230 e. The number of benzene rings is 1. The second-order valence-corrected chi connectivity index (χ2v) is 5.64. The topological polar surface area (TPSA) is 38.3 Å². The Morgan fingerprint density at radius 3 is 2.63 bits per heavy atom. The molecule has 0 atom stereocenters. The number of anilines is 1. The van der Waals surface area contributed by atoms with Crippen molar-refractivity contribution in [2.45, 2.75) is 46.5 Å². The van der Waals surface area contributed by atoms with E-state index in [2.05, 4.69) is 12.2 Å². The molecular weight excluding hydrogens is 238 g/mol. The number of carbonyl (C=O) groups is 1. The zero-order valence-electron chi connectivity index (χ0n) is 12.1. The quantitative estimate of drug-likeness (QED) is 0.892. The number of nitrogens with one attached hydrogen (secondary N) is 1. The minimum Gasteiger partial charge on any atom is -0.494 e. The van der Waals surface area contributed by atoms with Gasteiger partial charge in [0.05, 0.1) is 6.61 Å². The summed E-state index contributed by atoms with van der Waals surface area (Å²) in [4.78, 5) is 12.3. The summed E-state index contributed by atoms with van der Waals surface area (Å²) < 4.78 is 5.50. The molecule has 0 aliphatic heterocycles. The zero-order valence-corrected chi connectivity index (χ0v) is 12.1. The number of aryl methyl sites for hydroxylation is 1. The highest BCUT2D eigenvalue weighted by molar-refractivity contribution is 5.95. The summed E-state index contributed by atoms with van der Waals surface area (Å²) in [5, 5.41) is 3.04. The molecule has 2 rings (SSSR count). The second kappa shape index (κ2) is 5.64. The van der Waals surface area contributed by atoms with Crippen molar-refractivity contribution in [3.63, 3.8) is 0 Å². The SMILES string of the molecule is CCOc1ccc(NC(=O)C2(C)CCCC2)cc1C. The molecule has 1 aromatic carbocycles. The van der Waals surface area contributed by atoms with Crippen molar-refractivity contribution in [1.29, 1.82) is 0 Å². The molecule has 3 heteroatoms. The number of hydrogen-bond acceptors (Lipinski definition) is 2. The fourth-order valence-corrected chi connectivity index (χ4v) is 2.71. The molecule has 1 fully saturated rings. The van der Waals surface area contributed by atoms with Gasteiger partial charge < -0.3 is 10.1 Å². The van der Waals surface area contributed by atoms with Crippen LogP contribution in [0.3, 0.4) is 0 Å². The van der Waals surface area contributed by atoms with E-state index in [0.29, 0.717) is 6.61 Å². The molecule has 0 heterocycles. The van der Waals surface area contributed by atoms with Gasteiger partial charge in [-0.3, -0.25) is 4.79 Å². The van der Waals surface area contributed by atoms with Crippen molar-refractivity contribution in [2.24, 2.45) is 5.41 Å². The van der Waals surface area contributed by atoms with Crippen LogP contribution in [0.2, 0.25) is 0 Å². The highest BCUT2D eigenvalue weighted by Gasteiger charge is 2.36. The van der Waals surface area contributed by atoms with Crippen LogP contribution >= 0.6 is 0 Å². The van der Waals surface area contributed by atoms with E-state index in [1.807, 2.05) is 32.0 Å². The number of ether oxygens (including phenoxy) is 1. The first kappa shape index (κ1) is 13.9. The second-order valence-electron chi connectivity index (χ2n) is 5.64. The Hall–Kier alpha value is -1.51. The van der Waals surface area contributed by atoms with Crippen molar-refractivity contribution in [3.8, 4) is 5.75 Å². The Balaban J connectivity index is 2.07. The van der Waals surface area contributed by atoms with E-state index in [4.69, 9.17) is 4.74 Å². The summed E-state index contributed by atoms with van der Waals surface area (Å²) in [7, 11) is 0. The minimum absolute atomic E-state index is 0.147. The lowest BCUT2D eigenvalue weighted by molar-refractivity contribution is -0.124. The predicted molar refractivity (Wildman–Crippen MR) is 77.6 cm³/mol. The van der Waals surface area contributed by atoms with E-state index < -0.39 is 0 Å². The third-order valence-corrected chi connectivity index (χ3v) is 3.99. The standard InChI is InChI=1S/C16H23NO2/c1-4-19-14-8-7-13(11-12(14)2)17-15(18)16(3)9-5-6-10-16/h7-8,11H,4-6,9-10H2,1-3H3,(H,17,18). The van der Waals surface area contributed by atoms with Gasteiger partial charge in [0.15, 0.2) is 0 Å². The fraction of sp³-hybridized carbons (Fsp3) is 0.562. The molecule has 1 amide bonds. The van der Waals surface area contributed by atoms with Crippen LogP contribution in [0.25, 0.3) is 0 Å². The molecule has 1 aromatic rings. The molecule has 1 aliphatic carbocycles. The predicted octanol–water partition coefficient (Wildman–Crippen LogP) is 3.91. The van der Waals surface area contributed by atoms with Crippen LogP contribution in [-0.4, -0.2) is 12.5 Å². The van der Waals surface area contributed by atoms with Gasteiger partial charge in [-0.2, -0.15) is 0 Å². The van der Waals surface area contributed by atoms with E-state index in [-0.39, 0.29) is 11.3 Å². The monoisotopic (exact) mass is 261 g/mol. The smallest absolute Gasteiger partial charge is 0.230 e. The minimum atomic E-state index is -0.188. The summed E-state index contributed by atoms with van der Waals surface area (Å²) in [6.45, 7) is 6.69. The zero-order chi connectivity index (χ0) is 13.9. The van der Waals surface area contributed by atoms with Gasteiger partial charge in [0.1, 0.15) is 5.75 Å². The van der Waals surface area contributed by atoms with Crippen LogP contribution in [-0.2, 0) is 4.79 Å². The fourth-order valence-electron chi connectivity index (χ4n) is 2.71. The van der Waals surface area contributed by atoms with Gasteiger partial charge in [-0.1, -0.05) is 19.8 Å². The Morgan fingerprint density at radius 2 is 2.05 bits per heavy atom. The Morgan fingerprint density at radius 1 is 1.37 bits per heavy atom. The molecular formula is C16H23NO2. The van der Waals surface area contributed by atoms with Crippen molar-refractivity contribution in [2.75, 3.05) is 11.9 Å². The van der Waals surface area contributed by atoms with Crippen molar-refractivity contribution >= 4 is 11.6 Å². The normalized spacial score (nSPS) is 17.2. The molecule has 0 unspecified atom stereocenters. The Kier molecular flexibility index (Phi) is 4.13. The number of amides is 1. The molecule has 104 valence electrons. The summed E-state index contributed by atoms with van der Waals surface area (Å²) in [6.07, 6.45) is 4.31. The van der Waals surface area contributed by atoms with Crippen LogP contribution in [0.15, 0.2) is 18.2 Å². The van der Waals surface area contributed by atoms with E-state index in [9.17, 15) is 4.79 Å². The molecule has 3 nitrogen and oxygen atoms in total. The van der Waals surface area contributed by atoms with Gasteiger partial charge in [-0.05, 0) is 50.5 Å². The first-order valence-corrected chi connectivity index (χ1v) is 7.10. The largest absolute Gasteiger partial charge is 0.494 e. The molecule has 1 saturated carbocycles. The summed E-state index contributed by atoms with van der Waals surface area (Å²) in [6, 6.07) is 5.81. The molecule has 19 heavy (non-hydrogen) atoms. The highest BCUT2D eigenvalue weighted by atomic mass is 16.5. The average molecular weight is 261 g/mol. The van der Waals surface area contributed by atoms with Gasteiger partial charge in [0.25, 0.3) is 0 Å². The highest BCUT2D eigenvalue weighted by Crippen LogP contribution is 2.38. The van der Waals surface area contributed by atoms with Crippen LogP contribution in [0, 0.1) is 12.3 Å². The van der Waals surface area contributed by atoms with Crippen LogP contribution in [0.1, 0.15) is 45.1 Å². The lowest BCUT2D eigenvalue weighted by Gasteiger charge is -2.22. The molecule has 0 aromatic heterocycles. The first-order valence-electron chi connectivity index (χ1n) is 7.10. The molecule has 1 N–H and O–H groups in total. The average Bonchev–Trinajstić information content (AvgIpc) is 2.81. The van der Waals surface area contributed by atoms with Gasteiger partial charge >= 0.3 is 0 Å². The third kappa shape index (κ3) is 3.09. The summed E-state index contributed by atoms with van der Waals surface area (Å²) >= 11 is 0. The van der Waals surface area contributed by atoms with Crippen LogP contribution < -0.4 is 10.1 Å². The van der Waals surface area contributed by atoms with E-state index in [1.165, 1.54) is 0 Å². The number of hydrogen-bond donors (Lipinski definition) is 1. The van der Waals surface area contributed by atoms with E-state index in [1.54, 1.807) is 0 Å². The van der Waals surface area contributed by atoms with Crippen LogP contribution in [0.5, 0.6) is 5.75 Å². The van der Waals surface area contributed by atoms with Crippen LogP contribution in [0.4, 0.5) is 5.69 Å². The van der Waals surface area contributed by atoms with E-state index in [0.717, 1.165) is 42.7 Å². The Bertz CT molecular complexity index is 462. The molecule has 1 aliphatic rings. The van der Waals surface area contributed by atoms with Gasteiger partial charge in [-0.25, -0.2) is 0 Å².